The number of nitrogens with zero attached hydrogens (tertiary/aromatic N) is 3. The van der Waals surface area contributed by atoms with Gasteiger partial charge in [0.05, 0.1) is 24.1 Å². The van der Waals surface area contributed by atoms with Crippen LogP contribution in [-0.4, -0.2) is 33.3 Å². The first kappa shape index (κ1) is 23.9. The third-order valence-electron chi connectivity index (χ3n) is 5.99. The molecule has 4 aromatic rings. The Morgan fingerprint density at radius 3 is 2.49 bits per heavy atom. The molecule has 1 N–H and O–H groups in total. The van der Waals surface area contributed by atoms with E-state index in [-0.39, 0.29) is 24.3 Å². The lowest BCUT2D eigenvalue weighted by atomic mass is 10.0. The highest BCUT2D eigenvalue weighted by Crippen LogP contribution is 2.26. The number of methoxy groups -OCH3 is 1. The SMILES string of the molecule is COC(=O)c1ccc(NC(=O)CCc2c(C)c3c(C)nn(-c4cccc(F)c4)c3n(C)c2=O)cc1. The van der Waals surface area contributed by atoms with Crippen molar-refractivity contribution in [3.63, 3.8) is 0 Å². The second kappa shape index (κ2) is 9.54. The van der Waals surface area contributed by atoms with E-state index in [0.29, 0.717) is 33.8 Å². The highest BCUT2D eigenvalue weighted by molar-refractivity contribution is 5.93. The van der Waals surface area contributed by atoms with E-state index in [9.17, 15) is 18.8 Å². The van der Waals surface area contributed by atoms with Gasteiger partial charge in [-0.15, -0.1) is 0 Å². The number of hydrogen-bond donors (Lipinski definition) is 1. The van der Waals surface area contributed by atoms with Crippen LogP contribution < -0.4 is 10.9 Å². The molecule has 9 heteroatoms. The number of hydrogen-bond acceptors (Lipinski definition) is 5. The quantitative estimate of drug-likeness (QED) is 0.427. The number of pyridine rings is 1. The molecule has 0 saturated heterocycles. The Morgan fingerprint density at radius 1 is 1.11 bits per heavy atom. The van der Waals surface area contributed by atoms with Crippen LogP contribution in [-0.2, 0) is 23.0 Å². The summed E-state index contributed by atoms with van der Waals surface area (Å²) in [7, 11) is 2.95. The minimum Gasteiger partial charge on any atom is -0.465 e. The number of anilines is 1. The monoisotopic (exact) mass is 476 g/mol. The third-order valence-corrected chi connectivity index (χ3v) is 5.99. The van der Waals surface area contributed by atoms with Crippen molar-refractivity contribution in [1.82, 2.24) is 14.3 Å². The molecule has 0 atom stereocenters. The molecule has 0 aliphatic carbocycles. The summed E-state index contributed by atoms with van der Waals surface area (Å²) in [6, 6.07) is 12.4. The van der Waals surface area contributed by atoms with Crippen LogP contribution >= 0.6 is 0 Å². The molecule has 2 heterocycles. The Morgan fingerprint density at radius 2 is 1.83 bits per heavy atom. The van der Waals surface area contributed by atoms with E-state index in [4.69, 9.17) is 0 Å². The second-order valence-electron chi connectivity index (χ2n) is 8.26. The summed E-state index contributed by atoms with van der Waals surface area (Å²) < 4.78 is 21.5. The molecule has 8 nitrogen and oxygen atoms in total. The highest BCUT2D eigenvalue weighted by atomic mass is 19.1. The number of rotatable bonds is 6. The molecule has 2 aromatic heterocycles. The topological polar surface area (TPSA) is 95.2 Å². The first-order valence-corrected chi connectivity index (χ1v) is 11.0. The predicted octanol–water partition coefficient (Wildman–Crippen LogP) is 3.84. The number of carbonyl (C=O) groups is 2. The van der Waals surface area contributed by atoms with Crippen molar-refractivity contribution < 1.29 is 18.7 Å². The molecule has 0 spiro atoms. The average molecular weight is 477 g/mol. The van der Waals surface area contributed by atoms with Gasteiger partial charge in [0.2, 0.25) is 5.91 Å². The third kappa shape index (κ3) is 4.57. The lowest BCUT2D eigenvalue weighted by Gasteiger charge is -2.13. The number of aryl methyl sites for hydroxylation is 3. The van der Waals surface area contributed by atoms with Gasteiger partial charge >= 0.3 is 5.97 Å². The molecule has 2 aromatic carbocycles. The van der Waals surface area contributed by atoms with Crippen molar-refractivity contribution in [3.05, 3.63) is 87.1 Å². The van der Waals surface area contributed by atoms with Crippen LogP contribution in [0.15, 0.2) is 53.3 Å². The van der Waals surface area contributed by atoms with Crippen LogP contribution in [0, 0.1) is 19.7 Å². The van der Waals surface area contributed by atoms with Crippen molar-refractivity contribution >= 4 is 28.6 Å². The van der Waals surface area contributed by atoms with Crippen LogP contribution in [0.4, 0.5) is 10.1 Å². The zero-order valence-electron chi connectivity index (χ0n) is 19.9. The van der Waals surface area contributed by atoms with Gasteiger partial charge in [-0.1, -0.05) is 6.07 Å². The van der Waals surface area contributed by atoms with Gasteiger partial charge in [-0.25, -0.2) is 13.9 Å². The number of carbonyl (C=O) groups excluding carboxylic acids is 2. The van der Waals surface area contributed by atoms with Crippen LogP contribution in [0.5, 0.6) is 0 Å². The highest BCUT2D eigenvalue weighted by Gasteiger charge is 2.20. The molecule has 0 unspecified atom stereocenters. The predicted molar refractivity (Wildman–Crippen MR) is 130 cm³/mol. The standard InChI is InChI=1S/C26H25FN4O4/c1-15-21(12-13-22(32)28-19-10-8-17(9-11-19)26(34)35-4)25(33)30(3)24-23(15)16(2)29-31(24)20-7-5-6-18(27)14-20/h5-11,14H,12-13H2,1-4H3,(H,28,32). The van der Waals surface area contributed by atoms with Gasteiger partial charge in [-0.05, 0) is 68.3 Å². The fourth-order valence-electron chi connectivity index (χ4n) is 4.23. The van der Waals surface area contributed by atoms with Gasteiger partial charge < -0.3 is 10.1 Å². The van der Waals surface area contributed by atoms with Gasteiger partial charge in [0.1, 0.15) is 11.5 Å². The Hall–Kier alpha value is -4.27. The number of benzene rings is 2. The number of esters is 1. The Balaban J connectivity index is 1.59. The zero-order valence-corrected chi connectivity index (χ0v) is 19.9. The van der Waals surface area contributed by atoms with Crippen molar-refractivity contribution in [2.45, 2.75) is 26.7 Å². The van der Waals surface area contributed by atoms with E-state index in [1.807, 2.05) is 13.8 Å². The van der Waals surface area contributed by atoms with Crippen LogP contribution in [0.3, 0.4) is 0 Å². The van der Waals surface area contributed by atoms with Crippen LogP contribution in [0.25, 0.3) is 16.7 Å². The molecule has 35 heavy (non-hydrogen) atoms. The Bertz CT molecular complexity index is 1500. The summed E-state index contributed by atoms with van der Waals surface area (Å²) in [5.41, 5.74) is 3.74. The van der Waals surface area contributed by atoms with Gasteiger partial charge in [0.15, 0.2) is 0 Å². The number of amides is 1. The maximum atomic E-state index is 13.8. The molecule has 0 aliphatic rings. The fourth-order valence-corrected chi connectivity index (χ4v) is 4.23. The summed E-state index contributed by atoms with van der Waals surface area (Å²) in [6.45, 7) is 3.68. The molecule has 180 valence electrons. The molecule has 4 rings (SSSR count). The van der Waals surface area contributed by atoms with E-state index in [2.05, 4.69) is 15.2 Å². The van der Waals surface area contributed by atoms with Crippen LogP contribution in [0.1, 0.15) is 33.6 Å². The molecule has 0 bridgehead atoms. The van der Waals surface area contributed by atoms with Crippen molar-refractivity contribution in [2.75, 3.05) is 12.4 Å². The fraction of sp³-hybridized carbons (Fsp3) is 0.231. The normalized spacial score (nSPS) is 11.0. The van der Waals surface area contributed by atoms with E-state index < -0.39 is 11.8 Å². The number of nitrogens with one attached hydrogen (secondary N) is 1. The summed E-state index contributed by atoms with van der Waals surface area (Å²) in [6.07, 6.45) is 0.336. The minimum atomic E-state index is -0.458. The maximum absolute atomic E-state index is 13.8. The van der Waals surface area contributed by atoms with Gasteiger partial charge in [0.25, 0.3) is 5.56 Å². The zero-order chi connectivity index (χ0) is 25.3. The first-order chi connectivity index (χ1) is 16.7. The summed E-state index contributed by atoms with van der Waals surface area (Å²) in [4.78, 5) is 37.3. The number of halogens is 1. The largest absolute Gasteiger partial charge is 0.465 e. The molecule has 0 saturated carbocycles. The lowest BCUT2D eigenvalue weighted by Crippen LogP contribution is -2.25. The molecule has 0 radical (unpaired) electrons. The first-order valence-electron chi connectivity index (χ1n) is 11.0. The van der Waals surface area contributed by atoms with Crippen molar-refractivity contribution in [1.29, 1.82) is 0 Å². The summed E-state index contributed by atoms with van der Waals surface area (Å²) in [5.74, 6) is -1.11. The molecule has 0 aliphatic heterocycles. The smallest absolute Gasteiger partial charge is 0.337 e. The van der Waals surface area contributed by atoms with Gasteiger partial charge in [0, 0.05) is 30.1 Å². The molecular weight excluding hydrogens is 451 g/mol. The van der Waals surface area contributed by atoms with E-state index >= 15 is 0 Å². The second-order valence-corrected chi connectivity index (χ2v) is 8.26. The van der Waals surface area contributed by atoms with Gasteiger partial charge in [-0.2, -0.15) is 5.10 Å². The Labute approximate surface area is 200 Å². The number of ether oxygens (including phenoxy) is 1. The lowest BCUT2D eigenvalue weighted by molar-refractivity contribution is -0.116. The van der Waals surface area contributed by atoms with Crippen LogP contribution in [0.2, 0.25) is 0 Å². The minimum absolute atomic E-state index is 0.0947. The summed E-state index contributed by atoms with van der Waals surface area (Å²) in [5, 5.41) is 8.13. The van der Waals surface area contributed by atoms with Crippen molar-refractivity contribution in [2.24, 2.45) is 7.05 Å². The molecule has 1 amide bonds. The van der Waals surface area contributed by atoms with Crippen molar-refractivity contribution in [3.8, 4) is 5.69 Å². The maximum Gasteiger partial charge on any atom is 0.337 e. The van der Waals surface area contributed by atoms with Gasteiger partial charge in [-0.3, -0.25) is 14.2 Å². The Kier molecular flexibility index (Phi) is 6.50. The van der Waals surface area contributed by atoms with E-state index in [0.717, 1.165) is 10.9 Å². The number of aromatic nitrogens is 3. The van der Waals surface area contributed by atoms with E-state index in [1.54, 1.807) is 48.1 Å². The molecule has 0 fully saturated rings. The van der Waals surface area contributed by atoms with E-state index in [1.165, 1.54) is 23.8 Å². The average Bonchev–Trinajstić information content (AvgIpc) is 3.20. The molecular formula is C26H25FN4O4. The summed E-state index contributed by atoms with van der Waals surface area (Å²) >= 11 is 0. The number of fused-ring (bicyclic) bond motifs is 1.